The first-order valence-corrected chi connectivity index (χ1v) is 7.57. The second-order valence-electron chi connectivity index (χ2n) is 5.77. The molecule has 0 bridgehead atoms. The smallest absolute Gasteiger partial charge is 0.330 e. The molecule has 0 spiro atoms. The minimum atomic E-state index is -0.195. The minimum Gasteiger partial charge on any atom is -0.463 e. The summed E-state index contributed by atoms with van der Waals surface area (Å²) in [5.41, 5.74) is 1.24. The molecule has 0 N–H and O–H groups in total. The van der Waals surface area contributed by atoms with E-state index in [1.54, 1.807) is 6.08 Å². The molecule has 19 heavy (non-hydrogen) atoms. The molecule has 106 valence electrons. The molecule has 0 aromatic heterocycles. The summed E-state index contributed by atoms with van der Waals surface area (Å²) in [5.74, 6) is 1.74. The van der Waals surface area contributed by atoms with Crippen LogP contribution in [-0.4, -0.2) is 18.4 Å². The second-order valence-corrected chi connectivity index (χ2v) is 5.77. The quantitative estimate of drug-likeness (QED) is 0.579. The molecule has 0 aromatic rings. The summed E-state index contributed by atoms with van der Waals surface area (Å²) in [6.45, 7) is 2.28. The highest BCUT2D eigenvalue weighted by molar-refractivity contribution is 5.82. The van der Waals surface area contributed by atoms with Crippen molar-refractivity contribution in [2.24, 2.45) is 11.8 Å². The Kier molecular flexibility index (Phi) is 5.17. The van der Waals surface area contributed by atoms with E-state index in [0.717, 1.165) is 50.4 Å². The molecule has 0 atom stereocenters. The van der Waals surface area contributed by atoms with Gasteiger partial charge in [-0.1, -0.05) is 5.57 Å². The van der Waals surface area contributed by atoms with Gasteiger partial charge in [0.25, 0.3) is 0 Å². The Morgan fingerprint density at radius 1 is 1.11 bits per heavy atom. The molecule has 0 saturated heterocycles. The summed E-state index contributed by atoms with van der Waals surface area (Å²) in [7, 11) is 0. The maximum Gasteiger partial charge on any atom is 0.330 e. The van der Waals surface area contributed by atoms with Crippen LogP contribution in [0.1, 0.15) is 58.3 Å². The number of allylic oxidation sites excluding steroid dienone is 1. The Labute approximate surface area is 115 Å². The molecule has 2 rings (SSSR count). The van der Waals surface area contributed by atoms with Crippen molar-refractivity contribution < 1.29 is 14.3 Å². The van der Waals surface area contributed by atoms with E-state index in [0.29, 0.717) is 12.4 Å². The molecule has 0 aliphatic heterocycles. The molecule has 0 radical (unpaired) electrons. The van der Waals surface area contributed by atoms with E-state index < -0.39 is 0 Å². The fourth-order valence-corrected chi connectivity index (χ4v) is 3.41. The minimum absolute atomic E-state index is 0.195. The molecule has 2 fully saturated rings. The Hall–Kier alpha value is -1.12. The number of ketones is 1. The first-order valence-electron chi connectivity index (χ1n) is 7.57. The Morgan fingerprint density at radius 3 is 2.16 bits per heavy atom. The van der Waals surface area contributed by atoms with Crippen molar-refractivity contribution in [3.05, 3.63) is 11.6 Å². The number of hydrogen-bond acceptors (Lipinski definition) is 3. The second kappa shape index (κ2) is 6.88. The summed E-state index contributed by atoms with van der Waals surface area (Å²) in [6, 6.07) is 0. The van der Waals surface area contributed by atoms with Gasteiger partial charge >= 0.3 is 5.97 Å². The van der Waals surface area contributed by atoms with Crippen molar-refractivity contribution in [1.82, 2.24) is 0 Å². The summed E-state index contributed by atoms with van der Waals surface area (Å²) >= 11 is 0. The van der Waals surface area contributed by atoms with Gasteiger partial charge in [-0.3, -0.25) is 4.79 Å². The Balaban J connectivity index is 1.79. The Morgan fingerprint density at radius 2 is 1.63 bits per heavy atom. The van der Waals surface area contributed by atoms with Crippen LogP contribution in [0.3, 0.4) is 0 Å². The number of rotatable bonds is 3. The molecule has 2 aliphatic carbocycles. The molecule has 3 heteroatoms. The first kappa shape index (κ1) is 14.3. The lowest BCUT2D eigenvalue weighted by molar-refractivity contribution is -0.137. The van der Waals surface area contributed by atoms with Crippen LogP contribution < -0.4 is 0 Å². The zero-order chi connectivity index (χ0) is 13.7. The lowest BCUT2D eigenvalue weighted by Crippen LogP contribution is -2.24. The fraction of sp³-hybridized carbons (Fsp3) is 0.750. The summed E-state index contributed by atoms with van der Waals surface area (Å²) in [6.07, 6.45) is 9.81. The van der Waals surface area contributed by atoms with Gasteiger partial charge in [0, 0.05) is 18.9 Å². The highest BCUT2D eigenvalue weighted by atomic mass is 16.5. The third kappa shape index (κ3) is 4.19. The third-order valence-corrected chi connectivity index (χ3v) is 4.54. The average Bonchev–Trinajstić information content (AvgIpc) is 2.41. The number of hydrogen-bond donors (Lipinski definition) is 0. The molecule has 0 amide bonds. The number of carbonyl (C=O) groups is 2. The first-order chi connectivity index (χ1) is 9.19. The van der Waals surface area contributed by atoms with Crippen molar-refractivity contribution in [2.75, 3.05) is 6.61 Å². The van der Waals surface area contributed by atoms with Crippen molar-refractivity contribution in [3.63, 3.8) is 0 Å². The molecule has 0 unspecified atom stereocenters. The topological polar surface area (TPSA) is 43.4 Å². The van der Waals surface area contributed by atoms with E-state index in [-0.39, 0.29) is 5.97 Å². The fourth-order valence-electron chi connectivity index (χ4n) is 3.41. The highest BCUT2D eigenvalue weighted by Crippen LogP contribution is 2.38. The summed E-state index contributed by atoms with van der Waals surface area (Å²) in [5, 5.41) is 0. The molecule has 2 saturated carbocycles. The van der Waals surface area contributed by atoms with Crippen molar-refractivity contribution in [1.29, 1.82) is 0 Å². The van der Waals surface area contributed by atoms with Gasteiger partial charge in [-0.25, -0.2) is 4.79 Å². The molecule has 2 aliphatic rings. The van der Waals surface area contributed by atoms with Gasteiger partial charge in [-0.15, -0.1) is 0 Å². The van der Waals surface area contributed by atoms with Crippen LogP contribution in [0.4, 0.5) is 0 Å². The molecule has 0 aromatic carbocycles. The van der Waals surface area contributed by atoms with Gasteiger partial charge in [0.05, 0.1) is 6.61 Å². The number of esters is 1. The third-order valence-electron chi connectivity index (χ3n) is 4.54. The van der Waals surface area contributed by atoms with Crippen LogP contribution in [-0.2, 0) is 14.3 Å². The zero-order valence-electron chi connectivity index (χ0n) is 11.8. The van der Waals surface area contributed by atoms with E-state index in [9.17, 15) is 9.59 Å². The van der Waals surface area contributed by atoms with E-state index in [1.807, 2.05) is 6.92 Å². The number of ether oxygens (including phenoxy) is 1. The van der Waals surface area contributed by atoms with E-state index in [1.165, 1.54) is 18.4 Å². The van der Waals surface area contributed by atoms with E-state index >= 15 is 0 Å². The predicted molar refractivity (Wildman–Crippen MR) is 73.6 cm³/mol. The van der Waals surface area contributed by atoms with Crippen molar-refractivity contribution in [3.8, 4) is 0 Å². The number of carbonyl (C=O) groups excluding carboxylic acids is 2. The predicted octanol–water partition coefficient (Wildman–Crippen LogP) is 3.43. The van der Waals surface area contributed by atoms with Crippen LogP contribution >= 0.6 is 0 Å². The monoisotopic (exact) mass is 264 g/mol. The van der Waals surface area contributed by atoms with E-state index in [2.05, 4.69) is 0 Å². The maximum atomic E-state index is 11.4. The van der Waals surface area contributed by atoms with Crippen molar-refractivity contribution in [2.45, 2.75) is 58.3 Å². The van der Waals surface area contributed by atoms with Crippen LogP contribution in [0.25, 0.3) is 0 Å². The van der Waals surface area contributed by atoms with Gasteiger partial charge in [0.15, 0.2) is 0 Å². The van der Waals surface area contributed by atoms with Gasteiger partial charge in [-0.2, -0.15) is 0 Å². The van der Waals surface area contributed by atoms with Crippen molar-refractivity contribution >= 4 is 11.8 Å². The maximum absolute atomic E-state index is 11.4. The normalized spacial score (nSPS) is 25.2. The van der Waals surface area contributed by atoms with Crippen LogP contribution in [0.5, 0.6) is 0 Å². The zero-order valence-corrected chi connectivity index (χ0v) is 11.8. The highest BCUT2D eigenvalue weighted by Gasteiger charge is 2.28. The standard InChI is InChI=1S/C16H24O3/c1-2-19-16(18)11-12-3-5-13(6-4-12)14-7-9-15(17)10-8-14/h11,13-14H,2-10H2,1H3. The van der Waals surface area contributed by atoms with Gasteiger partial charge < -0.3 is 4.74 Å². The summed E-state index contributed by atoms with van der Waals surface area (Å²) in [4.78, 5) is 22.7. The van der Waals surface area contributed by atoms with Crippen LogP contribution in [0.15, 0.2) is 11.6 Å². The molecule has 0 heterocycles. The van der Waals surface area contributed by atoms with Crippen LogP contribution in [0, 0.1) is 11.8 Å². The van der Waals surface area contributed by atoms with Gasteiger partial charge in [0.1, 0.15) is 5.78 Å². The largest absolute Gasteiger partial charge is 0.463 e. The van der Waals surface area contributed by atoms with Gasteiger partial charge in [-0.05, 0) is 57.3 Å². The van der Waals surface area contributed by atoms with Crippen LogP contribution in [0.2, 0.25) is 0 Å². The Bertz CT molecular complexity index is 350. The average molecular weight is 264 g/mol. The molecular weight excluding hydrogens is 240 g/mol. The summed E-state index contributed by atoms with van der Waals surface area (Å²) < 4.78 is 4.95. The lowest BCUT2D eigenvalue weighted by atomic mass is 9.72. The van der Waals surface area contributed by atoms with E-state index in [4.69, 9.17) is 4.74 Å². The SMILES string of the molecule is CCOC(=O)C=C1CCC(C2CCC(=O)CC2)CC1. The van der Waals surface area contributed by atoms with Gasteiger partial charge in [0.2, 0.25) is 0 Å². The number of Topliss-reactive ketones (excluding diaryl/α,β-unsaturated/α-hetero) is 1. The lowest BCUT2D eigenvalue weighted by Gasteiger charge is -2.33. The molecular formula is C16H24O3. The molecule has 3 nitrogen and oxygen atoms in total.